The van der Waals surface area contributed by atoms with Crippen LogP contribution in [-0.4, -0.2) is 48.4 Å². The van der Waals surface area contributed by atoms with Crippen molar-refractivity contribution in [3.63, 3.8) is 0 Å². The Hall–Kier alpha value is -4.10. The van der Waals surface area contributed by atoms with E-state index in [9.17, 15) is 18.0 Å². The average Bonchev–Trinajstić information content (AvgIpc) is 3.53. The zero-order valence-electron chi connectivity index (χ0n) is 20.5. The van der Waals surface area contributed by atoms with Gasteiger partial charge in [0.05, 0.1) is 11.4 Å². The molecule has 3 aromatic rings. The number of anilines is 1. The first kappa shape index (κ1) is 26.5. The van der Waals surface area contributed by atoms with Crippen LogP contribution in [0.15, 0.2) is 64.6 Å². The predicted octanol–water partition coefficient (Wildman–Crippen LogP) is 4.38. The van der Waals surface area contributed by atoms with Crippen molar-refractivity contribution in [2.24, 2.45) is 21.6 Å². The lowest BCUT2D eigenvalue weighted by Gasteiger charge is -2.10. The maximum Gasteiger partial charge on any atom is 0.443 e. The average molecular weight is 557 g/mol. The smallest absolute Gasteiger partial charge is 0.405 e. The van der Waals surface area contributed by atoms with Crippen molar-refractivity contribution in [3.05, 3.63) is 81.3 Å². The van der Waals surface area contributed by atoms with E-state index in [0.717, 1.165) is 5.56 Å². The molecule has 0 bridgehead atoms. The van der Waals surface area contributed by atoms with Gasteiger partial charge in [0.1, 0.15) is 5.69 Å². The second-order valence-corrected chi connectivity index (χ2v) is 9.97. The van der Waals surface area contributed by atoms with Crippen LogP contribution in [0.3, 0.4) is 0 Å². The van der Waals surface area contributed by atoms with Crippen LogP contribution in [0.1, 0.15) is 39.0 Å². The Kier molecular flexibility index (Phi) is 7.19. The number of halogens is 3. The number of carbonyl (C=O) groups excluding carboxylic acids is 1. The normalized spacial score (nSPS) is 20.9. The lowest BCUT2D eigenvalue weighted by molar-refractivity contribution is -0.137. The molecule has 0 spiro atoms. The van der Waals surface area contributed by atoms with Crippen LogP contribution in [0.5, 0.6) is 0 Å². The minimum Gasteiger partial charge on any atom is -0.405 e. The maximum absolute atomic E-state index is 13.4. The topological polar surface area (TPSA) is 135 Å². The molecule has 0 radical (unpaired) electrons. The highest BCUT2D eigenvalue weighted by atomic mass is 32.1. The molecule has 2 aromatic carbocycles. The van der Waals surface area contributed by atoms with Gasteiger partial charge in [0, 0.05) is 35.6 Å². The monoisotopic (exact) mass is 556 g/mol. The number of hydrogen-bond donors (Lipinski definition) is 3. The molecule has 1 aliphatic carbocycles. The SMILES string of the molecule is COC[C@H]1C[C@@H]1c1sc(C(F)(F)F)nc1C(=N)O/C(N)=N/[C@H]1N=C(c2ccccc2)c2ccccc2NC1=O. The minimum atomic E-state index is -4.68. The summed E-state index contributed by atoms with van der Waals surface area (Å²) in [6, 6.07) is 15.7. The summed E-state index contributed by atoms with van der Waals surface area (Å²) in [5.41, 5.74) is 8.07. The van der Waals surface area contributed by atoms with Crippen molar-refractivity contribution in [2.45, 2.75) is 24.7 Å². The number of fused-ring (bicyclic) bond motifs is 1. The van der Waals surface area contributed by atoms with Crippen LogP contribution in [0.2, 0.25) is 0 Å². The summed E-state index contributed by atoms with van der Waals surface area (Å²) in [6.45, 7) is 0.377. The lowest BCUT2D eigenvalue weighted by atomic mass is 10.0. The van der Waals surface area contributed by atoms with Gasteiger partial charge in [-0.05, 0) is 18.4 Å². The van der Waals surface area contributed by atoms with Gasteiger partial charge in [-0.1, -0.05) is 48.5 Å². The zero-order valence-corrected chi connectivity index (χ0v) is 21.3. The molecule has 2 aliphatic rings. The maximum atomic E-state index is 13.4. The van der Waals surface area contributed by atoms with Crippen molar-refractivity contribution < 1.29 is 27.4 Å². The number of amides is 1. The molecule has 0 saturated heterocycles. The number of aromatic nitrogens is 1. The Morgan fingerprint density at radius 2 is 1.92 bits per heavy atom. The first-order chi connectivity index (χ1) is 18.7. The third-order valence-electron chi connectivity index (χ3n) is 6.18. The Bertz CT molecular complexity index is 1470. The molecule has 1 aromatic heterocycles. The molecule has 0 unspecified atom stereocenters. The molecule has 1 amide bonds. The fourth-order valence-electron chi connectivity index (χ4n) is 4.29. The summed E-state index contributed by atoms with van der Waals surface area (Å²) in [4.78, 5) is 25.5. The molecular formula is C26H23F3N6O3S. The highest BCUT2D eigenvalue weighted by Crippen LogP contribution is 2.52. The van der Waals surface area contributed by atoms with Gasteiger partial charge in [-0.3, -0.25) is 10.2 Å². The van der Waals surface area contributed by atoms with Gasteiger partial charge in [-0.15, -0.1) is 11.3 Å². The van der Waals surface area contributed by atoms with E-state index in [1.54, 1.807) is 18.2 Å². The summed E-state index contributed by atoms with van der Waals surface area (Å²) in [5.74, 6) is -1.51. The van der Waals surface area contributed by atoms with E-state index in [1.807, 2.05) is 36.4 Å². The molecule has 2 heterocycles. The van der Waals surface area contributed by atoms with Gasteiger partial charge in [-0.2, -0.15) is 18.2 Å². The molecule has 9 nitrogen and oxygen atoms in total. The van der Waals surface area contributed by atoms with Crippen LogP contribution in [0, 0.1) is 11.3 Å². The second-order valence-electron chi connectivity index (χ2n) is 8.94. The van der Waals surface area contributed by atoms with E-state index in [-0.39, 0.29) is 22.4 Å². The van der Waals surface area contributed by atoms with Crippen molar-refractivity contribution in [2.75, 3.05) is 19.0 Å². The Balaban J connectivity index is 1.43. The fourth-order valence-corrected chi connectivity index (χ4v) is 5.43. The summed E-state index contributed by atoms with van der Waals surface area (Å²) >= 11 is 0.473. The first-order valence-corrected chi connectivity index (χ1v) is 12.7. The Morgan fingerprint density at radius 3 is 2.64 bits per heavy atom. The molecule has 1 saturated carbocycles. The largest absolute Gasteiger partial charge is 0.443 e. The van der Waals surface area contributed by atoms with Gasteiger partial charge < -0.3 is 20.5 Å². The minimum absolute atomic E-state index is 0.0242. The van der Waals surface area contributed by atoms with Crippen LogP contribution < -0.4 is 11.1 Å². The number of benzene rings is 2. The third-order valence-corrected chi connectivity index (χ3v) is 7.41. The highest BCUT2D eigenvalue weighted by molar-refractivity contribution is 7.12. The molecule has 1 aliphatic heterocycles. The molecule has 13 heteroatoms. The number of nitrogens with zero attached hydrogens (tertiary/aromatic N) is 3. The van der Waals surface area contributed by atoms with Crippen molar-refractivity contribution in [1.29, 1.82) is 5.41 Å². The van der Waals surface area contributed by atoms with Gasteiger partial charge in [0.2, 0.25) is 12.1 Å². The first-order valence-electron chi connectivity index (χ1n) is 11.9. The van der Waals surface area contributed by atoms with Gasteiger partial charge in [-0.25, -0.2) is 9.98 Å². The Morgan fingerprint density at radius 1 is 1.21 bits per heavy atom. The van der Waals surface area contributed by atoms with Gasteiger partial charge in [0.25, 0.3) is 11.9 Å². The number of thiazole rings is 1. The van der Waals surface area contributed by atoms with E-state index in [0.29, 0.717) is 41.3 Å². The van der Waals surface area contributed by atoms with Crippen molar-refractivity contribution in [3.8, 4) is 0 Å². The highest BCUT2D eigenvalue weighted by Gasteiger charge is 2.45. The number of carbonyl (C=O) groups is 1. The van der Waals surface area contributed by atoms with E-state index in [4.69, 9.17) is 20.6 Å². The number of alkyl halides is 3. The van der Waals surface area contributed by atoms with Crippen LogP contribution >= 0.6 is 11.3 Å². The van der Waals surface area contributed by atoms with Crippen LogP contribution in [0.4, 0.5) is 18.9 Å². The summed E-state index contributed by atoms with van der Waals surface area (Å²) in [6.07, 6.45) is -5.45. The summed E-state index contributed by atoms with van der Waals surface area (Å²) in [5, 5.41) is 10.00. The van der Waals surface area contributed by atoms with E-state index in [1.165, 1.54) is 7.11 Å². The number of rotatable bonds is 6. The molecular weight excluding hydrogens is 533 g/mol. The van der Waals surface area contributed by atoms with Crippen molar-refractivity contribution >= 4 is 40.6 Å². The standard InChI is InChI=1S/C26H23F3N6O3S/c1-37-12-14-11-16(14)20-19(34-24(39-20)26(27,28)29)21(30)38-25(31)35-22-23(36)32-17-10-6-5-9-15(17)18(33-22)13-7-3-2-4-8-13/h2-10,14,16,22,30H,11-12H2,1H3,(H2,31,35)(H,32,36)/t14-,16+,22-/m1/s1. The predicted molar refractivity (Wildman–Crippen MR) is 140 cm³/mol. The Labute approximate surface area is 225 Å². The number of nitrogens with one attached hydrogen (secondary N) is 2. The second kappa shape index (κ2) is 10.6. The number of ether oxygens (including phenoxy) is 2. The number of aliphatic imine (C=N–C) groups is 2. The number of nitrogens with two attached hydrogens (primary N) is 1. The van der Waals surface area contributed by atoms with E-state index < -0.39 is 35.2 Å². The lowest BCUT2D eigenvalue weighted by Crippen LogP contribution is -2.29. The summed E-state index contributed by atoms with van der Waals surface area (Å²) in [7, 11) is 1.51. The molecule has 5 rings (SSSR count). The van der Waals surface area contributed by atoms with E-state index >= 15 is 0 Å². The van der Waals surface area contributed by atoms with Gasteiger partial charge >= 0.3 is 6.18 Å². The number of para-hydroxylation sites is 1. The number of benzodiazepines with no additional fused rings is 1. The molecule has 3 atom stereocenters. The third kappa shape index (κ3) is 5.68. The number of methoxy groups -OCH3 is 1. The van der Waals surface area contributed by atoms with Gasteiger partial charge in [0.15, 0.2) is 5.01 Å². The fraction of sp³-hybridized carbons (Fsp3) is 0.269. The molecule has 1 fully saturated rings. The van der Waals surface area contributed by atoms with E-state index in [2.05, 4.69) is 20.3 Å². The molecule has 202 valence electrons. The zero-order chi connectivity index (χ0) is 27.7. The van der Waals surface area contributed by atoms with Crippen LogP contribution in [0.25, 0.3) is 0 Å². The molecule has 39 heavy (non-hydrogen) atoms. The van der Waals surface area contributed by atoms with Crippen LogP contribution in [-0.2, 0) is 20.4 Å². The number of hydrogen-bond acceptors (Lipinski definition) is 8. The quantitative estimate of drug-likeness (QED) is 0.306. The molecule has 4 N–H and O–H groups in total. The summed E-state index contributed by atoms with van der Waals surface area (Å²) < 4.78 is 50.7. The van der Waals surface area contributed by atoms with Crippen molar-refractivity contribution in [1.82, 2.24) is 4.98 Å². The number of amidine groups is 1.